The first kappa shape index (κ1) is 23.2. The number of nitrogens with one attached hydrogen (secondary N) is 2. The molecule has 0 fully saturated rings. The average Bonchev–Trinajstić information content (AvgIpc) is 2.56. The number of carbonyl (C=O) groups is 3. The van der Waals surface area contributed by atoms with Crippen LogP contribution in [-0.4, -0.2) is 42.3 Å². The molecular weight excluding hydrogens is 389 g/mol. The minimum Gasteiger partial charge on any atom is -0.355 e. The number of hydrogen-bond acceptors (Lipinski definition) is 3. The van der Waals surface area contributed by atoms with Crippen molar-refractivity contribution in [2.24, 2.45) is 5.41 Å². The van der Waals surface area contributed by atoms with E-state index in [4.69, 9.17) is 23.2 Å². The van der Waals surface area contributed by atoms with Crippen LogP contribution < -0.4 is 10.6 Å². The number of hydrogen-bond donors (Lipinski definition) is 2. The lowest BCUT2D eigenvalue weighted by Crippen LogP contribution is -2.41. The second-order valence-electron chi connectivity index (χ2n) is 7.24. The van der Waals surface area contributed by atoms with Gasteiger partial charge in [0.1, 0.15) is 0 Å². The minimum atomic E-state index is -0.512. The Kier molecular flexibility index (Phi) is 9.06. The third-order valence-electron chi connectivity index (χ3n) is 3.69. The molecule has 1 rings (SSSR count). The molecule has 2 N–H and O–H groups in total. The van der Waals surface area contributed by atoms with E-state index in [1.807, 2.05) is 6.92 Å². The summed E-state index contributed by atoms with van der Waals surface area (Å²) in [6, 6.07) is 4.76. The average molecular weight is 416 g/mol. The second-order valence-corrected chi connectivity index (χ2v) is 8.09. The van der Waals surface area contributed by atoms with Gasteiger partial charge in [0.2, 0.25) is 17.7 Å². The summed E-state index contributed by atoms with van der Waals surface area (Å²) >= 11 is 12.0. The minimum absolute atomic E-state index is 0.0945. The number of rotatable bonds is 8. The maximum atomic E-state index is 12.4. The van der Waals surface area contributed by atoms with Crippen LogP contribution in [0.3, 0.4) is 0 Å². The maximum absolute atomic E-state index is 12.4. The number of halogens is 2. The van der Waals surface area contributed by atoms with Crippen molar-refractivity contribution >= 4 is 46.6 Å². The van der Waals surface area contributed by atoms with Crippen LogP contribution in [0, 0.1) is 5.41 Å². The van der Waals surface area contributed by atoms with Gasteiger partial charge < -0.3 is 15.5 Å². The summed E-state index contributed by atoms with van der Waals surface area (Å²) in [4.78, 5) is 38.1. The highest BCUT2D eigenvalue weighted by Crippen LogP contribution is 2.25. The first-order chi connectivity index (χ1) is 12.5. The van der Waals surface area contributed by atoms with Gasteiger partial charge in [0.25, 0.3) is 0 Å². The summed E-state index contributed by atoms with van der Waals surface area (Å²) in [6.45, 7) is 7.92. The van der Waals surface area contributed by atoms with E-state index in [1.165, 1.54) is 4.90 Å². The van der Waals surface area contributed by atoms with Gasteiger partial charge in [0.15, 0.2) is 0 Å². The quantitative estimate of drug-likeness (QED) is 0.678. The van der Waals surface area contributed by atoms with Crippen LogP contribution in [-0.2, 0) is 14.4 Å². The molecule has 0 spiro atoms. The molecule has 0 bridgehead atoms. The Bertz CT molecular complexity index is 687. The SMILES string of the molecule is CCCN(CC(=O)Nc1cc(Cl)ccc1Cl)C(=O)CCNC(=O)C(C)(C)C. The van der Waals surface area contributed by atoms with E-state index in [2.05, 4.69) is 10.6 Å². The lowest BCUT2D eigenvalue weighted by atomic mass is 9.96. The van der Waals surface area contributed by atoms with Gasteiger partial charge in [-0.3, -0.25) is 14.4 Å². The molecule has 0 radical (unpaired) electrons. The van der Waals surface area contributed by atoms with Gasteiger partial charge in [0, 0.05) is 29.9 Å². The monoisotopic (exact) mass is 415 g/mol. The Morgan fingerprint density at radius 3 is 2.41 bits per heavy atom. The summed E-state index contributed by atoms with van der Waals surface area (Å²) in [5, 5.41) is 6.22. The molecule has 8 heteroatoms. The van der Waals surface area contributed by atoms with Gasteiger partial charge in [-0.15, -0.1) is 0 Å². The molecule has 0 saturated carbocycles. The van der Waals surface area contributed by atoms with Crippen LogP contribution in [0.25, 0.3) is 0 Å². The molecular formula is C19H27Cl2N3O3. The summed E-state index contributed by atoms with van der Waals surface area (Å²) in [6.07, 6.45) is 0.846. The molecule has 0 aliphatic heterocycles. The van der Waals surface area contributed by atoms with E-state index in [0.29, 0.717) is 28.7 Å². The van der Waals surface area contributed by atoms with Crippen LogP contribution >= 0.6 is 23.2 Å². The van der Waals surface area contributed by atoms with Crippen LogP contribution in [0.4, 0.5) is 5.69 Å². The Morgan fingerprint density at radius 2 is 1.81 bits per heavy atom. The van der Waals surface area contributed by atoms with Crippen molar-refractivity contribution in [1.82, 2.24) is 10.2 Å². The lowest BCUT2D eigenvalue weighted by molar-refractivity contribution is -0.135. The zero-order valence-electron chi connectivity index (χ0n) is 16.2. The largest absolute Gasteiger partial charge is 0.355 e. The number of carbonyl (C=O) groups excluding carboxylic acids is 3. The fourth-order valence-electron chi connectivity index (χ4n) is 2.22. The highest BCUT2D eigenvalue weighted by atomic mass is 35.5. The molecule has 3 amide bonds. The Balaban J connectivity index is 2.61. The van der Waals surface area contributed by atoms with Gasteiger partial charge in [-0.25, -0.2) is 0 Å². The fourth-order valence-corrected chi connectivity index (χ4v) is 2.56. The highest BCUT2D eigenvalue weighted by Gasteiger charge is 2.22. The summed E-state index contributed by atoms with van der Waals surface area (Å²) < 4.78 is 0. The fraction of sp³-hybridized carbons (Fsp3) is 0.526. The molecule has 0 unspecified atom stereocenters. The number of nitrogens with zero attached hydrogens (tertiary/aromatic N) is 1. The second kappa shape index (κ2) is 10.5. The van der Waals surface area contributed by atoms with Crippen LogP contribution in [0.15, 0.2) is 18.2 Å². The van der Waals surface area contributed by atoms with Crippen LogP contribution in [0.1, 0.15) is 40.5 Å². The molecule has 1 aromatic carbocycles. The van der Waals surface area contributed by atoms with Crippen molar-refractivity contribution in [2.45, 2.75) is 40.5 Å². The zero-order valence-corrected chi connectivity index (χ0v) is 17.7. The van der Waals surface area contributed by atoms with E-state index >= 15 is 0 Å². The third-order valence-corrected chi connectivity index (χ3v) is 4.25. The summed E-state index contributed by atoms with van der Waals surface area (Å²) in [5.41, 5.74) is -0.113. The zero-order chi connectivity index (χ0) is 20.6. The first-order valence-corrected chi connectivity index (χ1v) is 9.61. The Hall–Kier alpha value is -1.79. The van der Waals surface area contributed by atoms with Crippen molar-refractivity contribution in [2.75, 3.05) is 25.0 Å². The van der Waals surface area contributed by atoms with E-state index in [0.717, 1.165) is 0 Å². The van der Waals surface area contributed by atoms with Crippen molar-refractivity contribution in [1.29, 1.82) is 0 Å². The van der Waals surface area contributed by atoms with Gasteiger partial charge in [-0.05, 0) is 24.6 Å². The van der Waals surface area contributed by atoms with Crippen molar-refractivity contribution in [3.63, 3.8) is 0 Å². The van der Waals surface area contributed by atoms with Gasteiger partial charge in [-0.2, -0.15) is 0 Å². The Labute approximate surface area is 170 Å². The molecule has 27 heavy (non-hydrogen) atoms. The maximum Gasteiger partial charge on any atom is 0.244 e. The molecule has 150 valence electrons. The molecule has 0 saturated heterocycles. The summed E-state index contributed by atoms with van der Waals surface area (Å²) in [7, 11) is 0. The lowest BCUT2D eigenvalue weighted by Gasteiger charge is -2.23. The van der Waals surface area contributed by atoms with Crippen molar-refractivity contribution in [3.05, 3.63) is 28.2 Å². The molecule has 0 atom stereocenters. The highest BCUT2D eigenvalue weighted by molar-refractivity contribution is 6.35. The van der Waals surface area contributed by atoms with Gasteiger partial charge in [-0.1, -0.05) is 50.9 Å². The first-order valence-electron chi connectivity index (χ1n) is 8.85. The standard InChI is InChI=1S/C19H27Cl2N3O3/c1-5-10-24(17(26)8-9-22-18(27)19(2,3)4)12-16(25)23-15-11-13(20)6-7-14(15)21/h6-7,11H,5,8-10,12H2,1-4H3,(H,22,27)(H,23,25). The van der Waals surface area contributed by atoms with Gasteiger partial charge in [0.05, 0.1) is 17.3 Å². The van der Waals surface area contributed by atoms with E-state index in [-0.39, 0.29) is 37.2 Å². The Morgan fingerprint density at radius 1 is 1.15 bits per heavy atom. The van der Waals surface area contributed by atoms with E-state index in [1.54, 1.807) is 39.0 Å². The number of benzene rings is 1. The number of amides is 3. The molecule has 0 aliphatic carbocycles. The van der Waals surface area contributed by atoms with E-state index in [9.17, 15) is 14.4 Å². The normalized spacial score (nSPS) is 11.0. The number of anilines is 1. The van der Waals surface area contributed by atoms with Crippen molar-refractivity contribution < 1.29 is 14.4 Å². The molecule has 0 heterocycles. The molecule has 0 aromatic heterocycles. The topological polar surface area (TPSA) is 78.5 Å². The van der Waals surface area contributed by atoms with E-state index < -0.39 is 5.41 Å². The third kappa shape index (κ3) is 8.18. The molecule has 6 nitrogen and oxygen atoms in total. The van der Waals surface area contributed by atoms with Crippen LogP contribution in [0.2, 0.25) is 10.0 Å². The molecule has 1 aromatic rings. The van der Waals surface area contributed by atoms with Crippen LogP contribution in [0.5, 0.6) is 0 Å². The molecule has 0 aliphatic rings. The predicted octanol–water partition coefficient (Wildman–Crippen LogP) is 3.72. The summed E-state index contributed by atoms with van der Waals surface area (Å²) in [5.74, 6) is -0.677. The van der Waals surface area contributed by atoms with Gasteiger partial charge >= 0.3 is 0 Å². The smallest absolute Gasteiger partial charge is 0.244 e. The van der Waals surface area contributed by atoms with Crippen molar-refractivity contribution in [3.8, 4) is 0 Å². The predicted molar refractivity (Wildman–Crippen MR) is 109 cm³/mol.